The van der Waals surface area contributed by atoms with Gasteiger partial charge in [0.25, 0.3) is 0 Å². The highest BCUT2D eigenvalue weighted by atomic mass is 19.1. The minimum atomic E-state index is -0.234. The van der Waals surface area contributed by atoms with Crippen molar-refractivity contribution in [3.05, 3.63) is 71.7 Å². The van der Waals surface area contributed by atoms with Crippen molar-refractivity contribution in [3.8, 4) is 11.3 Å². The van der Waals surface area contributed by atoms with Crippen LogP contribution in [0.3, 0.4) is 0 Å². The van der Waals surface area contributed by atoms with E-state index in [1.807, 2.05) is 18.2 Å². The molecule has 1 aromatic heterocycles. The van der Waals surface area contributed by atoms with Crippen LogP contribution in [-0.2, 0) is 13.2 Å². The first-order valence-electron chi connectivity index (χ1n) is 8.92. The van der Waals surface area contributed by atoms with Gasteiger partial charge in [-0.25, -0.2) is 4.39 Å². The molecule has 1 aliphatic heterocycles. The molecular weight excluding hydrogens is 343 g/mol. The Balaban J connectivity index is 1.75. The molecule has 4 rings (SSSR count). The van der Waals surface area contributed by atoms with Crippen LogP contribution in [0.2, 0.25) is 0 Å². The van der Waals surface area contributed by atoms with Crippen molar-refractivity contribution in [2.24, 2.45) is 0 Å². The summed E-state index contributed by atoms with van der Waals surface area (Å²) in [6, 6.07) is 16.6. The summed E-state index contributed by atoms with van der Waals surface area (Å²) >= 11 is 0. The predicted molar refractivity (Wildman–Crippen MR) is 103 cm³/mol. The lowest BCUT2D eigenvalue weighted by Crippen LogP contribution is -2.26. The van der Waals surface area contributed by atoms with Gasteiger partial charge in [-0.15, -0.1) is 0 Å². The Hall–Kier alpha value is -2.83. The van der Waals surface area contributed by atoms with Crippen LogP contribution in [0, 0.1) is 5.82 Å². The van der Waals surface area contributed by atoms with Gasteiger partial charge in [-0.1, -0.05) is 12.1 Å². The van der Waals surface area contributed by atoms with E-state index in [2.05, 4.69) is 39.2 Å². The Morgan fingerprint density at radius 1 is 1.04 bits per heavy atom. The third-order valence-electron chi connectivity index (χ3n) is 4.81. The Morgan fingerprint density at radius 3 is 2.67 bits per heavy atom. The third-order valence-corrected chi connectivity index (χ3v) is 4.81. The summed E-state index contributed by atoms with van der Waals surface area (Å²) in [6.45, 7) is 2.35. The minimum Gasteiger partial charge on any atom is -0.390 e. The van der Waals surface area contributed by atoms with E-state index in [4.69, 9.17) is 5.11 Å². The summed E-state index contributed by atoms with van der Waals surface area (Å²) < 4.78 is 13.8. The molecule has 0 amide bonds. The molecular formula is C21H21FN4O. The number of hydrogen-bond acceptors (Lipinski definition) is 5. The number of benzene rings is 2. The molecule has 138 valence electrons. The quantitative estimate of drug-likeness (QED) is 0.772. The van der Waals surface area contributed by atoms with Crippen molar-refractivity contribution in [2.45, 2.75) is 13.2 Å². The molecule has 3 aromatic rings. The number of aromatic nitrogens is 2. The number of halogens is 1. The van der Waals surface area contributed by atoms with Gasteiger partial charge in [0.15, 0.2) is 0 Å². The fourth-order valence-electron chi connectivity index (χ4n) is 3.41. The topological polar surface area (TPSA) is 52.5 Å². The highest BCUT2D eigenvalue weighted by molar-refractivity contribution is 5.72. The van der Waals surface area contributed by atoms with Gasteiger partial charge in [0.2, 0.25) is 0 Å². The van der Waals surface area contributed by atoms with Crippen LogP contribution in [0.5, 0.6) is 0 Å². The van der Waals surface area contributed by atoms with Crippen LogP contribution in [0.15, 0.2) is 54.6 Å². The number of rotatable bonds is 3. The average Bonchev–Trinajstić information content (AvgIpc) is 2.85. The van der Waals surface area contributed by atoms with Crippen LogP contribution < -0.4 is 4.90 Å². The first-order valence-corrected chi connectivity index (χ1v) is 8.92. The van der Waals surface area contributed by atoms with Crippen LogP contribution in [-0.4, -0.2) is 40.3 Å². The van der Waals surface area contributed by atoms with Gasteiger partial charge in [0, 0.05) is 36.6 Å². The second-order valence-electron chi connectivity index (χ2n) is 6.78. The average molecular weight is 364 g/mol. The van der Waals surface area contributed by atoms with Crippen molar-refractivity contribution in [2.75, 3.05) is 25.0 Å². The fraction of sp³-hybridized carbons (Fsp3) is 0.238. The van der Waals surface area contributed by atoms with E-state index in [1.54, 1.807) is 18.2 Å². The normalized spacial score (nSPS) is 14.7. The molecule has 27 heavy (non-hydrogen) atoms. The molecule has 0 atom stereocenters. The standard InChI is InChI=1S/C21H21FN4O/c1-25-9-10-26(19-4-2-3-17(22)12-19)21-8-5-15(11-16(21)13-25)20-7-6-18(14-27)23-24-20/h2-8,11-12,27H,9-10,13-14H2,1H3. The van der Waals surface area contributed by atoms with E-state index in [0.717, 1.165) is 47.8 Å². The molecule has 6 heteroatoms. The number of likely N-dealkylation sites (N-methyl/N-ethyl adjacent to an activating group) is 1. The number of nitrogens with zero attached hydrogens (tertiary/aromatic N) is 4. The van der Waals surface area contributed by atoms with Gasteiger partial charge in [0.1, 0.15) is 5.82 Å². The van der Waals surface area contributed by atoms with E-state index in [1.165, 1.54) is 6.07 Å². The summed E-state index contributed by atoms with van der Waals surface area (Å²) in [5, 5.41) is 17.4. The summed E-state index contributed by atoms with van der Waals surface area (Å²) in [7, 11) is 2.08. The minimum absolute atomic E-state index is 0.120. The van der Waals surface area contributed by atoms with Gasteiger partial charge >= 0.3 is 0 Å². The molecule has 0 bridgehead atoms. The zero-order valence-corrected chi connectivity index (χ0v) is 15.1. The van der Waals surface area contributed by atoms with Gasteiger partial charge < -0.3 is 14.9 Å². The Kier molecular flexibility index (Phi) is 4.83. The number of fused-ring (bicyclic) bond motifs is 1. The fourth-order valence-corrected chi connectivity index (χ4v) is 3.41. The summed E-state index contributed by atoms with van der Waals surface area (Å²) in [5.74, 6) is -0.234. The van der Waals surface area contributed by atoms with Crippen molar-refractivity contribution in [1.82, 2.24) is 15.1 Å². The van der Waals surface area contributed by atoms with Crippen molar-refractivity contribution >= 4 is 11.4 Å². The summed E-state index contributed by atoms with van der Waals surface area (Å²) in [6.07, 6.45) is 0. The van der Waals surface area contributed by atoms with Crippen LogP contribution in [0.4, 0.5) is 15.8 Å². The van der Waals surface area contributed by atoms with Gasteiger partial charge in [0.05, 0.1) is 18.0 Å². The SMILES string of the molecule is CN1CCN(c2cccc(F)c2)c2ccc(-c3ccc(CO)nn3)cc2C1. The first kappa shape index (κ1) is 17.6. The number of aliphatic hydroxyl groups excluding tert-OH is 1. The number of hydrogen-bond donors (Lipinski definition) is 1. The van der Waals surface area contributed by atoms with Gasteiger partial charge in [-0.2, -0.15) is 10.2 Å². The Labute approximate surface area is 157 Å². The third kappa shape index (κ3) is 3.67. The molecule has 0 saturated carbocycles. The lowest BCUT2D eigenvalue weighted by molar-refractivity contribution is 0.275. The van der Waals surface area contributed by atoms with Crippen molar-refractivity contribution in [3.63, 3.8) is 0 Å². The van der Waals surface area contributed by atoms with E-state index in [0.29, 0.717) is 5.69 Å². The van der Waals surface area contributed by atoms with Crippen molar-refractivity contribution < 1.29 is 9.50 Å². The molecule has 0 radical (unpaired) electrons. The monoisotopic (exact) mass is 364 g/mol. The van der Waals surface area contributed by atoms with Crippen molar-refractivity contribution in [1.29, 1.82) is 0 Å². The largest absolute Gasteiger partial charge is 0.390 e. The van der Waals surface area contributed by atoms with Crippen LogP contribution >= 0.6 is 0 Å². The van der Waals surface area contributed by atoms with Gasteiger partial charge in [-0.3, -0.25) is 0 Å². The molecule has 1 aliphatic rings. The zero-order chi connectivity index (χ0) is 18.8. The molecule has 0 aliphatic carbocycles. The second kappa shape index (κ2) is 7.42. The molecule has 2 heterocycles. The lowest BCUT2D eigenvalue weighted by atomic mass is 10.0. The zero-order valence-electron chi connectivity index (χ0n) is 15.1. The maximum atomic E-state index is 13.8. The van der Waals surface area contributed by atoms with E-state index in [9.17, 15) is 4.39 Å². The van der Waals surface area contributed by atoms with E-state index in [-0.39, 0.29) is 12.4 Å². The smallest absolute Gasteiger partial charge is 0.125 e. The lowest BCUT2D eigenvalue weighted by Gasteiger charge is -2.25. The van der Waals surface area contributed by atoms with Gasteiger partial charge in [-0.05, 0) is 55.1 Å². The van der Waals surface area contributed by atoms with Crippen LogP contribution in [0.25, 0.3) is 11.3 Å². The maximum absolute atomic E-state index is 13.8. The molecule has 0 fully saturated rings. The van der Waals surface area contributed by atoms with E-state index >= 15 is 0 Å². The Bertz CT molecular complexity index is 945. The second-order valence-corrected chi connectivity index (χ2v) is 6.78. The maximum Gasteiger partial charge on any atom is 0.125 e. The molecule has 1 N–H and O–H groups in total. The number of aliphatic hydroxyl groups is 1. The Morgan fingerprint density at radius 2 is 1.93 bits per heavy atom. The highest BCUT2D eigenvalue weighted by Gasteiger charge is 2.20. The summed E-state index contributed by atoms with van der Waals surface area (Å²) in [4.78, 5) is 4.41. The van der Waals surface area contributed by atoms with Crippen LogP contribution in [0.1, 0.15) is 11.3 Å². The first-order chi connectivity index (χ1) is 13.1. The predicted octanol–water partition coefficient (Wildman–Crippen LogP) is 3.36. The summed E-state index contributed by atoms with van der Waals surface area (Å²) in [5.41, 5.74) is 5.37. The highest BCUT2D eigenvalue weighted by Crippen LogP contribution is 2.34. The molecule has 2 aromatic carbocycles. The molecule has 0 unspecified atom stereocenters. The molecule has 0 spiro atoms. The molecule has 0 saturated heterocycles. The number of anilines is 2. The van der Waals surface area contributed by atoms with E-state index < -0.39 is 0 Å². The molecule has 5 nitrogen and oxygen atoms in total.